The maximum absolute atomic E-state index is 14.9. The molecule has 2 heterocycles. The Kier molecular flexibility index (Phi) is 5.50. The fourth-order valence-electron chi connectivity index (χ4n) is 3.63. The molecule has 1 aliphatic rings. The quantitative estimate of drug-likeness (QED) is 0.664. The van der Waals surface area contributed by atoms with Gasteiger partial charge < -0.3 is 11.1 Å². The van der Waals surface area contributed by atoms with Gasteiger partial charge in [0.2, 0.25) is 16.0 Å². The number of nitrogens with zero attached hydrogens (tertiary/aromatic N) is 3. The summed E-state index contributed by atoms with van der Waals surface area (Å²) in [6, 6.07) is 11.2. The minimum Gasteiger partial charge on any atom is -0.368 e. The summed E-state index contributed by atoms with van der Waals surface area (Å²) in [7, 11) is -3.73. The molecule has 1 aromatic heterocycles. The highest BCUT2D eigenvalue weighted by Gasteiger charge is 2.32. The summed E-state index contributed by atoms with van der Waals surface area (Å²) in [5, 5.41) is 3.19. The highest BCUT2D eigenvalue weighted by Crippen LogP contribution is 2.33. The highest BCUT2D eigenvalue weighted by molar-refractivity contribution is 7.89. The summed E-state index contributed by atoms with van der Waals surface area (Å²) < 4.78 is 43.2. The van der Waals surface area contributed by atoms with Crippen molar-refractivity contribution in [2.45, 2.75) is 17.9 Å². The first-order valence-electron chi connectivity index (χ1n) is 9.57. The second kappa shape index (κ2) is 8.10. The number of nitrogens with one attached hydrogen (secondary N) is 1. The summed E-state index contributed by atoms with van der Waals surface area (Å²) in [6.07, 6.45) is 2.90. The van der Waals surface area contributed by atoms with Crippen LogP contribution in [-0.4, -0.2) is 48.4 Å². The van der Waals surface area contributed by atoms with Crippen LogP contribution >= 0.6 is 0 Å². The van der Waals surface area contributed by atoms with Gasteiger partial charge in [0.15, 0.2) is 0 Å². The Morgan fingerprint density at radius 3 is 2.53 bits per heavy atom. The van der Waals surface area contributed by atoms with E-state index < -0.39 is 15.8 Å². The number of benzene rings is 2. The molecule has 0 bridgehead atoms. The molecule has 3 aromatic rings. The summed E-state index contributed by atoms with van der Waals surface area (Å²) in [4.78, 5) is 7.95. The first-order valence-corrected chi connectivity index (χ1v) is 11.0. The molecular weight excluding hydrogens is 405 g/mol. The Labute approximate surface area is 174 Å². The Hall–Kier alpha value is -2.88. The van der Waals surface area contributed by atoms with Crippen LogP contribution in [0.4, 0.5) is 10.3 Å². The smallest absolute Gasteiger partial charge is 0.244 e. The van der Waals surface area contributed by atoms with E-state index in [1.54, 1.807) is 36.4 Å². The minimum atomic E-state index is -3.73. The van der Waals surface area contributed by atoms with Gasteiger partial charge in [-0.1, -0.05) is 30.3 Å². The third-order valence-corrected chi connectivity index (χ3v) is 7.25. The van der Waals surface area contributed by atoms with Crippen LogP contribution in [0.5, 0.6) is 0 Å². The summed E-state index contributed by atoms with van der Waals surface area (Å²) in [6.45, 7) is 3.45. The Bertz CT molecular complexity index is 1170. The van der Waals surface area contributed by atoms with Crippen molar-refractivity contribution in [3.05, 3.63) is 60.7 Å². The lowest BCUT2D eigenvalue weighted by Gasteiger charge is -2.33. The van der Waals surface area contributed by atoms with Gasteiger partial charge in [-0.2, -0.15) is 4.31 Å². The Morgan fingerprint density at radius 1 is 1.10 bits per heavy atom. The van der Waals surface area contributed by atoms with Crippen LogP contribution in [-0.2, 0) is 10.0 Å². The number of nitrogen functional groups attached to an aromatic ring is 1. The molecule has 1 aliphatic heterocycles. The van der Waals surface area contributed by atoms with Crippen molar-refractivity contribution in [1.82, 2.24) is 19.6 Å². The zero-order valence-electron chi connectivity index (χ0n) is 16.4. The van der Waals surface area contributed by atoms with Crippen LogP contribution in [0.3, 0.4) is 0 Å². The number of nitrogens with two attached hydrogens (primary N) is 1. The van der Waals surface area contributed by atoms with Crippen LogP contribution in [0, 0.1) is 5.82 Å². The van der Waals surface area contributed by atoms with E-state index in [9.17, 15) is 12.8 Å². The monoisotopic (exact) mass is 427 g/mol. The number of sulfonamides is 1. The lowest BCUT2D eigenvalue weighted by Crippen LogP contribution is -2.52. The number of aromatic nitrogens is 2. The number of anilines is 1. The zero-order chi connectivity index (χ0) is 21.3. The molecule has 4 rings (SSSR count). The van der Waals surface area contributed by atoms with E-state index >= 15 is 0 Å². The van der Waals surface area contributed by atoms with Crippen LogP contribution in [0.25, 0.3) is 22.3 Å². The fraction of sp³-hybridized carbons (Fsp3) is 0.238. The molecule has 9 heteroatoms. The van der Waals surface area contributed by atoms with Crippen LogP contribution in [0.2, 0.25) is 0 Å². The van der Waals surface area contributed by atoms with Gasteiger partial charge in [-0.25, -0.2) is 22.8 Å². The average molecular weight is 428 g/mol. The zero-order valence-corrected chi connectivity index (χ0v) is 17.2. The van der Waals surface area contributed by atoms with E-state index in [-0.39, 0.29) is 16.9 Å². The lowest BCUT2D eigenvalue weighted by atomic mass is 10.0. The molecule has 7 nitrogen and oxygen atoms in total. The highest BCUT2D eigenvalue weighted by atomic mass is 32.2. The fourth-order valence-corrected chi connectivity index (χ4v) is 5.48. The molecule has 0 spiro atoms. The average Bonchev–Trinajstić information content (AvgIpc) is 2.75. The topological polar surface area (TPSA) is 101 Å². The molecule has 0 aliphatic carbocycles. The van der Waals surface area contributed by atoms with Gasteiger partial charge >= 0.3 is 0 Å². The van der Waals surface area contributed by atoms with Crippen molar-refractivity contribution in [1.29, 1.82) is 0 Å². The molecular formula is C21H22FN5O2S. The molecule has 1 saturated heterocycles. The molecule has 1 fully saturated rings. The summed E-state index contributed by atoms with van der Waals surface area (Å²) in [5.41, 5.74) is 7.24. The van der Waals surface area contributed by atoms with Gasteiger partial charge in [0.1, 0.15) is 5.82 Å². The second-order valence-electron chi connectivity index (χ2n) is 7.19. The van der Waals surface area contributed by atoms with Crippen molar-refractivity contribution in [3.63, 3.8) is 0 Å². The van der Waals surface area contributed by atoms with Crippen molar-refractivity contribution < 1.29 is 12.8 Å². The summed E-state index contributed by atoms with van der Waals surface area (Å²) >= 11 is 0. The SMILES string of the molecule is C[C@@H]1CNCCN1S(=O)(=O)c1ccccc1-c1ccc(-c2cnc(N)nc2)c(F)c1. The van der Waals surface area contributed by atoms with E-state index in [1.807, 2.05) is 6.92 Å². The molecule has 1 atom stereocenters. The maximum atomic E-state index is 14.9. The molecule has 0 saturated carbocycles. The summed E-state index contributed by atoms with van der Waals surface area (Å²) in [5.74, 6) is -0.388. The molecule has 30 heavy (non-hydrogen) atoms. The molecule has 0 unspecified atom stereocenters. The van der Waals surface area contributed by atoms with Crippen LogP contribution in [0.15, 0.2) is 59.8 Å². The van der Waals surface area contributed by atoms with Crippen molar-refractivity contribution in [3.8, 4) is 22.3 Å². The third-order valence-electron chi connectivity index (χ3n) is 5.18. The van der Waals surface area contributed by atoms with E-state index in [0.717, 1.165) is 0 Å². The van der Waals surface area contributed by atoms with Gasteiger partial charge in [0.05, 0.1) is 4.90 Å². The number of hydrogen-bond acceptors (Lipinski definition) is 6. The predicted octanol–water partition coefficient (Wildman–Crippen LogP) is 2.51. The standard InChI is InChI=1S/C21H22FN5O2S/c1-14-11-24-8-9-27(14)30(28,29)20-5-3-2-4-18(20)15-6-7-17(19(22)10-15)16-12-25-21(23)26-13-16/h2-7,10,12-14,24H,8-9,11H2,1H3,(H2,23,25,26)/t14-/m1/s1. The van der Waals surface area contributed by atoms with Crippen molar-refractivity contribution in [2.24, 2.45) is 0 Å². The van der Waals surface area contributed by atoms with Crippen LogP contribution < -0.4 is 11.1 Å². The Morgan fingerprint density at radius 2 is 1.83 bits per heavy atom. The minimum absolute atomic E-state index is 0.108. The molecule has 3 N–H and O–H groups in total. The molecule has 2 aromatic carbocycles. The molecule has 156 valence electrons. The van der Waals surface area contributed by atoms with Gasteiger partial charge in [-0.05, 0) is 24.6 Å². The first-order chi connectivity index (χ1) is 14.4. The normalized spacial score (nSPS) is 17.7. The van der Waals surface area contributed by atoms with E-state index in [2.05, 4.69) is 15.3 Å². The largest absolute Gasteiger partial charge is 0.368 e. The number of halogens is 1. The van der Waals surface area contributed by atoms with Crippen LogP contribution in [0.1, 0.15) is 6.92 Å². The number of rotatable bonds is 4. The molecule has 0 amide bonds. The van der Waals surface area contributed by atoms with Gasteiger partial charge in [-0.15, -0.1) is 0 Å². The number of piperazine rings is 1. The third kappa shape index (κ3) is 3.79. The van der Waals surface area contributed by atoms with Crippen molar-refractivity contribution in [2.75, 3.05) is 25.4 Å². The van der Waals surface area contributed by atoms with E-state index in [4.69, 9.17) is 5.73 Å². The van der Waals surface area contributed by atoms with Gasteiger partial charge in [0.25, 0.3) is 0 Å². The number of hydrogen-bond donors (Lipinski definition) is 2. The maximum Gasteiger partial charge on any atom is 0.244 e. The van der Waals surface area contributed by atoms with E-state index in [0.29, 0.717) is 41.9 Å². The van der Waals surface area contributed by atoms with Gasteiger partial charge in [0, 0.05) is 54.8 Å². The second-order valence-corrected chi connectivity index (χ2v) is 9.05. The van der Waals surface area contributed by atoms with Gasteiger partial charge in [-0.3, -0.25) is 0 Å². The van der Waals surface area contributed by atoms with E-state index in [1.165, 1.54) is 22.8 Å². The lowest BCUT2D eigenvalue weighted by molar-refractivity contribution is 0.284. The Balaban J connectivity index is 1.75. The first kappa shape index (κ1) is 20.4. The predicted molar refractivity (Wildman–Crippen MR) is 113 cm³/mol. The van der Waals surface area contributed by atoms with Crippen molar-refractivity contribution >= 4 is 16.0 Å². The molecule has 0 radical (unpaired) electrons.